The van der Waals surface area contributed by atoms with Gasteiger partial charge in [0.25, 0.3) is 0 Å². The first-order valence-corrected chi connectivity index (χ1v) is 9.91. The van der Waals surface area contributed by atoms with E-state index in [1.54, 1.807) is 33.3 Å². The van der Waals surface area contributed by atoms with E-state index in [1.807, 2.05) is 25.1 Å². The highest BCUT2D eigenvalue weighted by atomic mass is 16.5. The molecule has 1 N–H and O–H groups in total. The summed E-state index contributed by atoms with van der Waals surface area (Å²) in [6.07, 6.45) is -0.0998. The second-order valence-electron chi connectivity index (χ2n) is 7.91. The molecule has 0 saturated carbocycles. The molecule has 1 aliphatic carbocycles. The Kier molecular flexibility index (Phi) is 4.88. The van der Waals surface area contributed by atoms with E-state index in [2.05, 4.69) is 0 Å². The fraction of sp³-hybridized carbons (Fsp3) is 0.280. The van der Waals surface area contributed by atoms with E-state index in [4.69, 9.17) is 14.2 Å². The highest BCUT2D eigenvalue weighted by Gasteiger charge is 2.48. The molecule has 0 aromatic heterocycles. The van der Waals surface area contributed by atoms with Crippen molar-refractivity contribution in [3.8, 4) is 23.0 Å². The molecule has 1 atom stereocenters. The van der Waals surface area contributed by atoms with Crippen LogP contribution in [0.4, 0.5) is 0 Å². The number of aromatic hydroxyl groups is 1. The van der Waals surface area contributed by atoms with E-state index in [1.165, 1.54) is 13.2 Å². The normalized spacial score (nSPS) is 18.1. The zero-order chi connectivity index (χ0) is 22.5. The van der Waals surface area contributed by atoms with E-state index < -0.39 is 5.41 Å². The Labute approximate surface area is 180 Å². The average molecular weight is 420 g/mol. The van der Waals surface area contributed by atoms with Crippen molar-refractivity contribution < 1.29 is 28.9 Å². The summed E-state index contributed by atoms with van der Waals surface area (Å²) in [6.45, 7) is 3.60. The maximum Gasteiger partial charge on any atom is 0.174 e. The molecule has 160 valence electrons. The second kappa shape index (κ2) is 7.30. The van der Waals surface area contributed by atoms with E-state index in [0.717, 1.165) is 5.39 Å². The minimum absolute atomic E-state index is 0.0759. The number of carbonyl (C=O) groups is 2. The van der Waals surface area contributed by atoms with E-state index >= 15 is 0 Å². The summed E-state index contributed by atoms with van der Waals surface area (Å²) >= 11 is 0. The molecule has 0 amide bonds. The Morgan fingerprint density at radius 1 is 0.935 bits per heavy atom. The zero-order valence-electron chi connectivity index (χ0n) is 18.2. The monoisotopic (exact) mass is 420 g/mol. The standard InChI is InChI=1S/C25H24O6/c1-13-21(23(31-5)20-14(22(13)30-4)8-7-11-18(20)29-3)25(2)12-17(27)19-15(24(25)28)9-6-10-16(19)26/h6-11,26H,12H2,1-5H3. The van der Waals surface area contributed by atoms with Crippen molar-refractivity contribution in [3.05, 3.63) is 58.7 Å². The van der Waals surface area contributed by atoms with Gasteiger partial charge < -0.3 is 19.3 Å². The predicted octanol–water partition coefficient (Wildman–Crippen LogP) is 4.61. The average Bonchev–Trinajstić information content (AvgIpc) is 2.75. The highest BCUT2D eigenvalue weighted by molar-refractivity contribution is 6.20. The van der Waals surface area contributed by atoms with Crippen LogP contribution in [0.2, 0.25) is 0 Å². The zero-order valence-corrected chi connectivity index (χ0v) is 18.2. The van der Waals surface area contributed by atoms with Gasteiger partial charge in [0.15, 0.2) is 11.6 Å². The number of phenols is 1. The van der Waals surface area contributed by atoms with Crippen LogP contribution in [0.5, 0.6) is 23.0 Å². The van der Waals surface area contributed by atoms with E-state index in [-0.39, 0.29) is 34.9 Å². The SMILES string of the molecule is COc1c(C)c(C2(C)CC(=O)c3c(O)cccc3C2=O)c(OC)c2c(OC)cccc12. The lowest BCUT2D eigenvalue weighted by Gasteiger charge is -2.36. The van der Waals surface area contributed by atoms with Gasteiger partial charge in [0, 0.05) is 22.9 Å². The minimum Gasteiger partial charge on any atom is -0.507 e. The lowest BCUT2D eigenvalue weighted by molar-refractivity contribution is 0.0793. The molecule has 0 bridgehead atoms. The third-order valence-corrected chi connectivity index (χ3v) is 6.20. The number of methoxy groups -OCH3 is 3. The first-order valence-electron chi connectivity index (χ1n) is 9.91. The molecule has 1 unspecified atom stereocenters. The molecule has 31 heavy (non-hydrogen) atoms. The van der Waals surface area contributed by atoms with Crippen LogP contribution in [0.1, 0.15) is 45.2 Å². The molecule has 0 heterocycles. The van der Waals surface area contributed by atoms with Crippen molar-refractivity contribution in [3.63, 3.8) is 0 Å². The van der Waals surface area contributed by atoms with Gasteiger partial charge in [-0.1, -0.05) is 24.3 Å². The summed E-state index contributed by atoms with van der Waals surface area (Å²) in [4.78, 5) is 26.8. The third kappa shape index (κ3) is 2.78. The Balaban J connectivity index is 2.12. The van der Waals surface area contributed by atoms with Crippen molar-refractivity contribution in [2.45, 2.75) is 25.7 Å². The van der Waals surface area contributed by atoms with Gasteiger partial charge in [-0.25, -0.2) is 0 Å². The number of hydrogen-bond acceptors (Lipinski definition) is 6. The maximum absolute atomic E-state index is 13.8. The predicted molar refractivity (Wildman–Crippen MR) is 117 cm³/mol. The van der Waals surface area contributed by atoms with E-state index in [0.29, 0.717) is 33.8 Å². The van der Waals surface area contributed by atoms with Crippen LogP contribution in [-0.4, -0.2) is 38.0 Å². The number of fused-ring (bicyclic) bond motifs is 2. The number of benzene rings is 3. The van der Waals surface area contributed by atoms with Crippen molar-refractivity contribution in [2.24, 2.45) is 0 Å². The van der Waals surface area contributed by atoms with Gasteiger partial charge in [-0.3, -0.25) is 9.59 Å². The van der Waals surface area contributed by atoms with E-state index in [9.17, 15) is 14.7 Å². The molecule has 0 spiro atoms. The van der Waals surface area contributed by atoms with Crippen LogP contribution in [0, 0.1) is 6.92 Å². The summed E-state index contributed by atoms with van der Waals surface area (Å²) in [7, 11) is 4.67. The van der Waals surface area contributed by atoms with Crippen molar-refractivity contribution in [2.75, 3.05) is 21.3 Å². The molecular formula is C25H24O6. The fourth-order valence-corrected chi connectivity index (χ4v) is 4.88. The number of hydrogen-bond donors (Lipinski definition) is 1. The van der Waals surface area contributed by atoms with Crippen LogP contribution in [0.15, 0.2) is 36.4 Å². The summed E-state index contributed by atoms with van der Waals surface area (Å²) < 4.78 is 17.2. The Hall–Kier alpha value is -3.54. The molecule has 6 heteroatoms. The number of Topliss-reactive ketones (excluding diaryl/α,β-unsaturated/α-hetero) is 2. The molecule has 0 fully saturated rings. The first-order chi connectivity index (χ1) is 14.8. The summed E-state index contributed by atoms with van der Waals surface area (Å²) in [5, 5.41) is 11.7. The van der Waals surface area contributed by atoms with Crippen molar-refractivity contribution >= 4 is 22.3 Å². The quantitative estimate of drug-likeness (QED) is 0.664. The van der Waals surface area contributed by atoms with Gasteiger partial charge in [-0.15, -0.1) is 0 Å². The summed E-state index contributed by atoms with van der Waals surface area (Å²) in [5.74, 6) is 0.904. The lowest BCUT2D eigenvalue weighted by atomic mass is 9.65. The number of phenolic OH excluding ortho intramolecular Hbond substituents is 1. The van der Waals surface area contributed by atoms with Crippen LogP contribution >= 0.6 is 0 Å². The molecule has 0 radical (unpaired) electrons. The lowest BCUT2D eigenvalue weighted by Crippen LogP contribution is -2.41. The molecule has 4 rings (SSSR count). The smallest absolute Gasteiger partial charge is 0.174 e. The fourth-order valence-electron chi connectivity index (χ4n) is 4.88. The maximum atomic E-state index is 13.8. The number of rotatable bonds is 4. The van der Waals surface area contributed by atoms with Crippen LogP contribution < -0.4 is 14.2 Å². The van der Waals surface area contributed by atoms with Crippen LogP contribution in [-0.2, 0) is 5.41 Å². The van der Waals surface area contributed by atoms with Crippen LogP contribution in [0.25, 0.3) is 10.8 Å². The van der Waals surface area contributed by atoms with Gasteiger partial charge in [0.2, 0.25) is 0 Å². The van der Waals surface area contributed by atoms with Gasteiger partial charge in [0.1, 0.15) is 23.0 Å². The minimum atomic E-state index is -1.21. The number of ketones is 2. The third-order valence-electron chi connectivity index (χ3n) is 6.20. The van der Waals surface area contributed by atoms with Gasteiger partial charge in [0.05, 0.1) is 37.7 Å². The molecule has 3 aromatic rings. The molecule has 3 aromatic carbocycles. The Morgan fingerprint density at radius 3 is 2.26 bits per heavy atom. The highest BCUT2D eigenvalue weighted by Crippen LogP contribution is 2.52. The van der Waals surface area contributed by atoms with Gasteiger partial charge in [-0.2, -0.15) is 0 Å². The topological polar surface area (TPSA) is 82.1 Å². The summed E-state index contributed by atoms with van der Waals surface area (Å²) in [6, 6.07) is 10.1. The first kappa shape index (κ1) is 20.7. The number of carbonyl (C=O) groups excluding carboxylic acids is 2. The van der Waals surface area contributed by atoms with Crippen LogP contribution in [0.3, 0.4) is 0 Å². The van der Waals surface area contributed by atoms with Gasteiger partial charge >= 0.3 is 0 Å². The summed E-state index contributed by atoms with van der Waals surface area (Å²) in [5.41, 5.74) is 0.366. The molecular weight excluding hydrogens is 396 g/mol. The second-order valence-corrected chi connectivity index (χ2v) is 7.91. The molecule has 6 nitrogen and oxygen atoms in total. The molecule has 1 aliphatic rings. The Morgan fingerprint density at radius 2 is 1.61 bits per heavy atom. The number of ether oxygens (including phenoxy) is 3. The molecule has 0 saturated heterocycles. The van der Waals surface area contributed by atoms with Gasteiger partial charge in [-0.05, 0) is 31.5 Å². The molecule has 0 aliphatic heterocycles. The largest absolute Gasteiger partial charge is 0.507 e. The van der Waals surface area contributed by atoms with Crippen molar-refractivity contribution in [1.29, 1.82) is 0 Å². The van der Waals surface area contributed by atoms with Crippen molar-refractivity contribution in [1.82, 2.24) is 0 Å². The Bertz CT molecular complexity index is 1240.